The molecule has 1 aliphatic heterocycles. The van der Waals surface area contributed by atoms with E-state index in [-0.39, 0.29) is 45.1 Å². The summed E-state index contributed by atoms with van der Waals surface area (Å²) in [5.41, 5.74) is 13.6. The van der Waals surface area contributed by atoms with E-state index in [2.05, 4.69) is 47.5 Å². The molecule has 13 N–H and O–H groups in total. The van der Waals surface area contributed by atoms with Crippen LogP contribution in [0.4, 0.5) is 0 Å². The van der Waals surface area contributed by atoms with Crippen LogP contribution in [0.1, 0.15) is 56.6 Å². The molecule has 20 heteroatoms. The predicted molar refractivity (Wildman–Crippen MR) is 222 cm³/mol. The molecule has 2 aromatic carbocycles. The SMILES string of the molecule is CC(=O)NCC(=O)N[C@H]1CCC(=O)NCC[C@@H](C(=O)N[C@@H](Cc2c[nH]c3ccccc23)C(N)=O)NC(=O)CNC(=O)[C@@H](Cc2ccccc2)NC(=O)[C@H](CCCCN)NC1=O. The summed E-state index contributed by atoms with van der Waals surface area (Å²) in [7, 11) is 0. The number of H-pyrrole nitrogens is 1. The van der Waals surface area contributed by atoms with E-state index in [1.54, 1.807) is 36.5 Å². The minimum atomic E-state index is -1.34. The largest absolute Gasteiger partial charge is 0.368 e. The summed E-state index contributed by atoms with van der Waals surface area (Å²) >= 11 is 0. The van der Waals surface area contributed by atoms with Gasteiger partial charge in [0.25, 0.3) is 0 Å². The van der Waals surface area contributed by atoms with Crippen LogP contribution < -0.4 is 54.0 Å². The number of para-hydroxylation sites is 1. The molecular weight excluding hydrogens is 791 g/mol. The van der Waals surface area contributed by atoms with Crippen molar-refractivity contribution >= 4 is 64.1 Å². The third kappa shape index (κ3) is 15.4. The first-order valence-electron chi connectivity index (χ1n) is 20.1. The Balaban J connectivity index is 1.60. The standard InChI is InChI=1S/C41H55N11O9/c1-24(53)45-22-35(55)48-30-14-15-34(54)44-18-16-31(41(61)51-32(37(43)57)20-26-21-46-28-12-6-5-11-27(26)28)49-36(56)23-47-38(58)33(19-25-9-3-2-4-10-25)52-39(59)29(50-40(30)60)13-7-8-17-42/h2-6,9-12,21,29-33,46H,7-8,13-20,22-23,42H2,1H3,(H2,43,57)(H,44,54)(H,45,53)(H,47,58)(H,48,55)(H,49,56)(H,50,60)(H,51,61)(H,52,59)/t29-,30-,31-,32-,33+/m0/s1. The van der Waals surface area contributed by atoms with Crippen LogP contribution in [0, 0.1) is 0 Å². The molecule has 1 fully saturated rings. The van der Waals surface area contributed by atoms with Crippen LogP contribution in [-0.4, -0.2) is 115 Å². The van der Waals surface area contributed by atoms with Crippen molar-refractivity contribution in [3.05, 3.63) is 71.9 Å². The number of hydrogen-bond acceptors (Lipinski definition) is 10. The van der Waals surface area contributed by atoms with Gasteiger partial charge in [-0.1, -0.05) is 48.5 Å². The molecule has 9 amide bonds. The molecule has 0 aliphatic carbocycles. The van der Waals surface area contributed by atoms with Gasteiger partial charge in [0, 0.05) is 49.8 Å². The molecule has 20 nitrogen and oxygen atoms in total. The number of nitrogens with one attached hydrogen (secondary N) is 9. The van der Waals surface area contributed by atoms with Gasteiger partial charge in [-0.3, -0.25) is 43.2 Å². The van der Waals surface area contributed by atoms with E-state index < -0.39 is 96.5 Å². The Bertz CT molecular complexity index is 2040. The number of amides is 9. The summed E-state index contributed by atoms with van der Waals surface area (Å²) in [6.45, 7) is 0.260. The van der Waals surface area contributed by atoms with Gasteiger partial charge in [0.05, 0.1) is 13.1 Å². The normalized spacial score (nSPS) is 20.2. The minimum Gasteiger partial charge on any atom is -0.368 e. The van der Waals surface area contributed by atoms with Crippen molar-refractivity contribution in [2.24, 2.45) is 11.5 Å². The van der Waals surface area contributed by atoms with E-state index in [0.717, 1.165) is 10.9 Å². The number of unbranched alkanes of at least 4 members (excludes halogenated alkanes) is 1. The number of carbonyl (C=O) groups excluding carboxylic acids is 9. The van der Waals surface area contributed by atoms with Crippen molar-refractivity contribution < 1.29 is 43.2 Å². The maximum absolute atomic E-state index is 13.9. The highest BCUT2D eigenvalue weighted by atomic mass is 16.2. The van der Waals surface area contributed by atoms with E-state index in [4.69, 9.17) is 11.5 Å². The Morgan fingerprint density at radius 1 is 0.820 bits per heavy atom. The van der Waals surface area contributed by atoms with E-state index in [1.807, 2.05) is 24.3 Å². The van der Waals surface area contributed by atoms with Crippen LogP contribution in [0.2, 0.25) is 0 Å². The van der Waals surface area contributed by atoms with Crippen LogP contribution in [0.5, 0.6) is 0 Å². The molecule has 328 valence electrons. The molecule has 0 saturated carbocycles. The highest BCUT2D eigenvalue weighted by molar-refractivity contribution is 5.97. The molecule has 1 aliphatic rings. The van der Waals surface area contributed by atoms with Gasteiger partial charge in [0.15, 0.2) is 0 Å². The van der Waals surface area contributed by atoms with E-state index >= 15 is 0 Å². The molecule has 3 aromatic rings. The minimum absolute atomic E-state index is 0.00488. The summed E-state index contributed by atoms with van der Waals surface area (Å²) in [4.78, 5) is 121. The van der Waals surface area contributed by atoms with Gasteiger partial charge < -0.3 is 59.0 Å². The Kier molecular flexibility index (Phi) is 18.2. The number of nitrogens with two attached hydrogens (primary N) is 2. The maximum Gasteiger partial charge on any atom is 0.243 e. The highest BCUT2D eigenvalue weighted by Gasteiger charge is 2.32. The van der Waals surface area contributed by atoms with Gasteiger partial charge in [-0.25, -0.2) is 0 Å². The third-order valence-electron chi connectivity index (χ3n) is 9.89. The third-order valence-corrected chi connectivity index (χ3v) is 9.89. The molecule has 5 atom stereocenters. The van der Waals surface area contributed by atoms with Crippen molar-refractivity contribution in [3.63, 3.8) is 0 Å². The average molecular weight is 846 g/mol. The number of aromatic nitrogens is 1. The second-order valence-corrected chi connectivity index (χ2v) is 14.7. The smallest absolute Gasteiger partial charge is 0.243 e. The van der Waals surface area contributed by atoms with Crippen molar-refractivity contribution in [2.75, 3.05) is 26.2 Å². The lowest BCUT2D eigenvalue weighted by Crippen LogP contribution is -2.58. The molecule has 0 bridgehead atoms. The maximum atomic E-state index is 13.9. The predicted octanol–water partition coefficient (Wildman–Crippen LogP) is -2.46. The lowest BCUT2D eigenvalue weighted by atomic mass is 10.0. The van der Waals surface area contributed by atoms with Gasteiger partial charge >= 0.3 is 0 Å². The molecule has 1 aromatic heterocycles. The summed E-state index contributed by atoms with van der Waals surface area (Å²) in [6.07, 6.45) is 2.01. The van der Waals surface area contributed by atoms with Crippen LogP contribution in [0.3, 0.4) is 0 Å². The summed E-state index contributed by atoms with van der Waals surface area (Å²) in [5, 5.41) is 21.3. The first kappa shape index (κ1) is 46.9. The monoisotopic (exact) mass is 845 g/mol. The fraction of sp³-hybridized carbons (Fsp3) is 0.439. The Hall–Kier alpha value is -6.83. The molecule has 4 rings (SSSR count). The number of fused-ring (bicyclic) bond motifs is 1. The number of benzene rings is 2. The van der Waals surface area contributed by atoms with Crippen molar-refractivity contribution in [2.45, 2.75) is 88.5 Å². The molecule has 1 saturated heterocycles. The number of aromatic amines is 1. The zero-order valence-electron chi connectivity index (χ0n) is 34.0. The molecule has 0 unspecified atom stereocenters. The summed E-state index contributed by atoms with van der Waals surface area (Å²) < 4.78 is 0. The number of hydrogen-bond donors (Lipinski definition) is 11. The second-order valence-electron chi connectivity index (χ2n) is 14.7. The van der Waals surface area contributed by atoms with Crippen LogP contribution in [0.15, 0.2) is 60.8 Å². The zero-order valence-corrected chi connectivity index (χ0v) is 34.0. The van der Waals surface area contributed by atoms with Gasteiger partial charge in [0.2, 0.25) is 53.2 Å². The van der Waals surface area contributed by atoms with E-state index in [9.17, 15) is 43.2 Å². The first-order chi connectivity index (χ1) is 29.2. The van der Waals surface area contributed by atoms with Gasteiger partial charge in [-0.15, -0.1) is 0 Å². The summed E-state index contributed by atoms with van der Waals surface area (Å²) in [5.74, 6) is -6.52. The fourth-order valence-corrected chi connectivity index (χ4v) is 6.62. The Labute approximate surface area is 352 Å². The van der Waals surface area contributed by atoms with Crippen molar-refractivity contribution in [1.82, 2.24) is 47.5 Å². The lowest BCUT2D eigenvalue weighted by molar-refractivity contribution is -0.134. The second kappa shape index (κ2) is 23.7. The first-order valence-corrected chi connectivity index (χ1v) is 20.1. The molecule has 0 radical (unpaired) electrons. The van der Waals surface area contributed by atoms with Crippen LogP contribution in [0.25, 0.3) is 10.9 Å². The van der Waals surface area contributed by atoms with E-state index in [1.165, 1.54) is 6.92 Å². The lowest BCUT2D eigenvalue weighted by Gasteiger charge is -2.25. The van der Waals surface area contributed by atoms with Crippen molar-refractivity contribution in [1.29, 1.82) is 0 Å². The van der Waals surface area contributed by atoms with Crippen LogP contribution >= 0.6 is 0 Å². The number of carbonyl (C=O) groups is 9. The topological polar surface area (TPSA) is 318 Å². The van der Waals surface area contributed by atoms with Gasteiger partial charge in [-0.2, -0.15) is 0 Å². The average Bonchev–Trinajstić information content (AvgIpc) is 3.64. The Morgan fingerprint density at radius 3 is 2.26 bits per heavy atom. The van der Waals surface area contributed by atoms with E-state index in [0.29, 0.717) is 30.5 Å². The quantitative estimate of drug-likeness (QED) is 0.0761. The Morgan fingerprint density at radius 2 is 1.54 bits per heavy atom. The number of primary amides is 1. The zero-order chi connectivity index (χ0) is 44.3. The van der Waals surface area contributed by atoms with Gasteiger partial charge in [0.1, 0.15) is 30.2 Å². The number of rotatable bonds is 14. The molecule has 61 heavy (non-hydrogen) atoms. The van der Waals surface area contributed by atoms with Crippen molar-refractivity contribution in [3.8, 4) is 0 Å². The molecular formula is C41H55N11O9. The molecule has 0 spiro atoms. The fourth-order valence-electron chi connectivity index (χ4n) is 6.62. The van der Waals surface area contributed by atoms with Crippen LogP contribution in [-0.2, 0) is 56.0 Å². The van der Waals surface area contributed by atoms with Gasteiger partial charge in [-0.05, 0) is 55.8 Å². The highest BCUT2D eigenvalue weighted by Crippen LogP contribution is 2.19. The summed E-state index contributed by atoms with van der Waals surface area (Å²) in [6, 6.07) is 9.78. The molecule has 2 heterocycles.